The molecular weight excluding hydrogens is 483 g/mol. The fourth-order valence-electron chi connectivity index (χ4n) is 4.77. The van der Waals surface area contributed by atoms with E-state index in [2.05, 4.69) is 15.5 Å². The van der Waals surface area contributed by atoms with Crippen molar-refractivity contribution in [1.82, 2.24) is 15.5 Å². The minimum absolute atomic E-state index is 0.0509. The average Bonchev–Trinajstić information content (AvgIpc) is 2.80. The lowest BCUT2D eigenvalue weighted by atomic mass is 9.76. The van der Waals surface area contributed by atoms with Gasteiger partial charge in [-0.1, -0.05) is 29.8 Å². The van der Waals surface area contributed by atoms with Crippen LogP contribution in [0.25, 0.3) is 0 Å². The summed E-state index contributed by atoms with van der Waals surface area (Å²) in [5.74, 6) is -1.13. The van der Waals surface area contributed by atoms with Crippen LogP contribution >= 0.6 is 11.6 Å². The Bertz CT molecular complexity index is 1060. The summed E-state index contributed by atoms with van der Waals surface area (Å²) < 4.78 is 38.4. The highest BCUT2D eigenvalue weighted by molar-refractivity contribution is 6.30. The smallest absolute Gasteiger partial charge is 0.385 e. The summed E-state index contributed by atoms with van der Waals surface area (Å²) in [6, 6.07) is 11.6. The van der Waals surface area contributed by atoms with E-state index in [-0.39, 0.29) is 18.2 Å². The van der Waals surface area contributed by atoms with Crippen LogP contribution in [-0.4, -0.2) is 53.5 Å². The maximum Gasteiger partial charge on any atom is 0.416 e. The average molecular weight is 510 g/mol. The molecule has 2 fully saturated rings. The number of likely N-dealkylation sites (tertiary alicyclic amines) is 1. The van der Waals surface area contributed by atoms with Crippen LogP contribution in [0.2, 0.25) is 5.02 Å². The molecule has 1 aliphatic heterocycles. The molecule has 1 saturated carbocycles. The van der Waals surface area contributed by atoms with Gasteiger partial charge in [0.2, 0.25) is 5.91 Å². The number of amides is 2. The first-order valence-electron chi connectivity index (χ1n) is 11.5. The number of carbonyl (C=O) groups excluding carboxylic acids is 2. The molecule has 0 radical (unpaired) electrons. The monoisotopic (exact) mass is 509 g/mol. The van der Waals surface area contributed by atoms with Crippen molar-refractivity contribution in [3.05, 3.63) is 70.2 Å². The summed E-state index contributed by atoms with van der Waals surface area (Å²) in [6.07, 6.45) is -1.57. The summed E-state index contributed by atoms with van der Waals surface area (Å²) in [4.78, 5) is 26.6. The van der Waals surface area contributed by atoms with Crippen LogP contribution in [0.5, 0.6) is 0 Å². The van der Waals surface area contributed by atoms with Gasteiger partial charge in [-0.05, 0) is 61.6 Å². The third-order valence-corrected chi connectivity index (χ3v) is 7.07. The first-order valence-corrected chi connectivity index (χ1v) is 11.9. The molecule has 0 aromatic heterocycles. The minimum Gasteiger partial charge on any atom is -0.385 e. The Morgan fingerprint density at radius 2 is 1.74 bits per heavy atom. The van der Waals surface area contributed by atoms with E-state index in [1.54, 1.807) is 12.1 Å². The molecule has 10 heteroatoms. The standard InChI is InChI=1S/C25H27ClF3N3O3/c26-19-6-4-17(5-7-19)24(35)10-8-21(9-11-24)32-14-20(15-32)31-22(33)13-30-23(34)16-2-1-3-18(12-16)25(27,28)29/h1-7,12,20-21,35H,8-11,13-15H2,(H,30,34)(H,31,33)/t21-,24-. The molecule has 0 spiro atoms. The maximum absolute atomic E-state index is 12.8. The molecule has 3 N–H and O–H groups in total. The van der Waals surface area contributed by atoms with E-state index in [9.17, 15) is 27.9 Å². The Labute approximate surface area is 206 Å². The highest BCUT2D eigenvalue weighted by atomic mass is 35.5. The molecule has 4 rings (SSSR count). The quantitative estimate of drug-likeness (QED) is 0.554. The van der Waals surface area contributed by atoms with Gasteiger partial charge < -0.3 is 15.7 Å². The van der Waals surface area contributed by atoms with Crippen LogP contribution in [0.15, 0.2) is 48.5 Å². The largest absolute Gasteiger partial charge is 0.416 e. The third kappa shape index (κ3) is 6.15. The highest BCUT2D eigenvalue weighted by Gasteiger charge is 2.40. The Balaban J connectivity index is 1.18. The van der Waals surface area contributed by atoms with E-state index < -0.39 is 29.2 Å². The van der Waals surface area contributed by atoms with Gasteiger partial charge in [0, 0.05) is 29.7 Å². The van der Waals surface area contributed by atoms with Crippen molar-refractivity contribution in [2.75, 3.05) is 19.6 Å². The van der Waals surface area contributed by atoms with Gasteiger partial charge in [0.1, 0.15) is 0 Å². The molecule has 2 aromatic rings. The van der Waals surface area contributed by atoms with Crippen molar-refractivity contribution in [2.24, 2.45) is 0 Å². The lowest BCUT2D eigenvalue weighted by molar-refractivity contribution is -0.137. The summed E-state index contributed by atoms with van der Waals surface area (Å²) in [5, 5.41) is 16.9. The van der Waals surface area contributed by atoms with E-state index in [1.807, 2.05) is 12.1 Å². The first kappa shape index (κ1) is 25.5. The lowest BCUT2D eigenvalue weighted by Gasteiger charge is -2.48. The molecule has 0 unspecified atom stereocenters. The number of carbonyl (C=O) groups is 2. The summed E-state index contributed by atoms with van der Waals surface area (Å²) in [7, 11) is 0. The Kier molecular flexibility index (Phi) is 7.40. The van der Waals surface area contributed by atoms with Crippen molar-refractivity contribution in [2.45, 2.75) is 49.5 Å². The Hall–Kier alpha value is -2.62. The molecule has 35 heavy (non-hydrogen) atoms. The second kappa shape index (κ2) is 10.2. The number of benzene rings is 2. The number of nitrogens with zero attached hydrogens (tertiary/aromatic N) is 1. The van der Waals surface area contributed by atoms with Crippen molar-refractivity contribution in [1.29, 1.82) is 0 Å². The number of alkyl halides is 3. The molecule has 1 aliphatic carbocycles. The van der Waals surface area contributed by atoms with Crippen LogP contribution in [0.3, 0.4) is 0 Å². The highest BCUT2D eigenvalue weighted by Crippen LogP contribution is 2.39. The molecule has 0 atom stereocenters. The second-order valence-electron chi connectivity index (χ2n) is 9.25. The number of aliphatic hydroxyl groups is 1. The van der Waals surface area contributed by atoms with E-state index in [0.29, 0.717) is 37.0 Å². The molecule has 1 saturated heterocycles. The Morgan fingerprint density at radius 3 is 2.37 bits per heavy atom. The third-order valence-electron chi connectivity index (χ3n) is 6.82. The molecule has 0 bridgehead atoms. The van der Waals surface area contributed by atoms with Gasteiger partial charge in [-0.25, -0.2) is 0 Å². The summed E-state index contributed by atoms with van der Waals surface area (Å²) in [6.45, 7) is 1.04. The molecule has 6 nitrogen and oxygen atoms in total. The normalized spacial score (nSPS) is 23.4. The number of halogens is 4. The van der Waals surface area contributed by atoms with Crippen LogP contribution in [0, 0.1) is 0 Å². The lowest BCUT2D eigenvalue weighted by Crippen LogP contribution is -2.63. The fourth-order valence-corrected chi connectivity index (χ4v) is 4.90. The summed E-state index contributed by atoms with van der Waals surface area (Å²) in [5.41, 5.74) is -1.05. The second-order valence-corrected chi connectivity index (χ2v) is 9.69. The van der Waals surface area contributed by atoms with E-state index >= 15 is 0 Å². The van der Waals surface area contributed by atoms with Gasteiger partial charge in [0.25, 0.3) is 5.91 Å². The number of hydrogen-bond acceptors (Lipinski definition) is 4. The molecule has 2 aliphatic rings. The number of hydrogen-bond donors (Lipinski definition) is 3. The predicted octanol–water partition coefficient (Wildman–Crippen LogP) is 3.72. The van der Waals surface area contributed by atoms with Crippen molar-refractivity contribution in [3.63, 3.8) is 0 Å². The first-order chi connectivity index (χ1) is 16.5. The predicted molar refractivity (Wildman–Crippen MR) is 125 cm³/mol. The molecular formula is C25H27ClF3N3O3. The SMILES string of the molecule is O=C(CNC(=O)c1cccc(C(F)(F)F)c1)NC1CN([C@H]2CC[C@@](O)(c3ccc(Cl)cc3)CC2)C1. The van der Waals surface area contributed by atoms with Gasteiger partial charge in [-0.2, -0.15) is 13.2 Å². The zero-order chi connectivity index (χ0) is 25.2. The summed E-state index contributed by atoms with van der Waals surface area (Å²) >= 11 is 5.94. The van der Waals surface area contributed by atoms with Crippen LogP contribution in [0.4, 0.5) is 13.2 Å². The van der Waals surface area contributed by atoms with Gasteiger partial charge in [-0.15, -0.1) is 0 Å². The number of rotatable bonds is 6. The van der Waals surface area contributed by atoms with Crippen molar-refractivity contribution < 1.29 is 27.9 Å². The van der Waals surface area contributed by atoms with Crippen LogP contribution < -0.4 is 10.6 Å². The van der Waals surface area contributed by atoms with Crippen LogP contribution in [-0.2, 0) is 16.6 Å². The van der Waals surface area contributed by atoms with Crippen molar-refractivity contribution >= 4 is 23.4 Å². The molecule has 188 valence electrons. The number of nitrogens with one attached hydrogen (secondary N) is 2. The van der Waals surface area contributed by atoms with E-state index in [4.69, 9.17) is 11.6 Å². The minimum atomic E-state index is -4.55. The molecule has 1 heterocycles. The van der Waals surface area contributed by atoms with Gasteiger partial charge in [0.15, 0.2) is 0 Å². The van der Waals surface area contributed by atoms with Crippen molar-refractivity contribution in [3.8, 4) is 0 Å². The topological polar surface area (TPSA) is 81.7 Å². The van der Waals surface area contributed by atoms with Gasteiger partial charge >= 0.3 is 6.18 Å². The van der Waals surface area contributed by atoms with E-state index in [1.165, 1.54) is 6.07 Å². The van der Waals surface area contributed by atoms with Gasteiger partial charge in [-0.3, -0.25) is 14.5 Å². The molecule has 2 aromatic carbocycles. The maximum atomic E-state index is 12.8. The zero-order valence-electron chi connectivity index (χ0n) is 18.9. The van der Waals surface area contributed by atoms with Crippen LogP contribution in [0.1, 0.15) is 47.2 Å². The van der Waals surface area contributed by atoms with E-state index in [0.717, 1.165) is 36.6 Å². The molecule has 2 amide bonds. The zero-order valence-corrected chi connectivity index (χ0v) is 19.7. The van der Waals surface area contributed by atoms with Gasteiger partial charge in [0.05, 0.1) is 23.8 Å². The fraction of sp³-hybridized carbons (Fsp3) is 0.440. The Morgan fingerprint density at radius 1 is 1.09 bits per heavy atom.